The second-order valence-electron chi connectivity index (χ2n) is 24.2. The summed E-state index contributed by atoms with van der Waals surface area (Å²) < 4.78 is 0. The molecule has 0 saturated heterocycles. The van der Waals surface area contributed by atoms with Gasteiger partial charge in [0.25, 0.3) is 0 Å². The highest BCUT2D eigenvalue weighted by Gasteiger charge is 2.36. The van der Waals surface area contributed by atoms with E-state index in [9.17, 15) is 0 Å². The van der Waals surface area contributed by atoms with Gasteiger partial charge in [-0.15, -0.1) is 0 Å². The molecule has 10 rings (SSSR count). The van der Waals surface area contributed by atoms with Crippen molar-refractivity contribution in [3.05, 3.63) is 209 Å². The maximum Gasteiger partial charge on any atom is 0.0467 e. The second kappa shape index (κ2) is 18.1. The van der Waals surface area contributed by atoms with Crippen LogP contribution in [0.3, 0.4) is 0 Å². The Kier molecular flexibility index (Phi) is 12.2. The smallest absolute Gasteiger partial charge is 0.0467 e. The van der Waals surface area contributed by atoms with Gasteiger partial charge in [0.1, 0.15) is 0 Å². The molecule has 0 aromatic heterocycles. The molecule has 0 amide bonds. The summed E-state index contributed by atoms with van der Waals surface area (Å²) in [6, 6.07) is 67.6. The van der Waals surface area contributed by atoms with Crippen molar-refractivity contribution in [2.45, 2.75) is 136 Å². The Morgan fingerprint density at radius 3 is 1.41 bits per heavy atom. The summed E-state index contributed by atoms with van der Waals surface area (Å²) in [4.78, 5) is 2.45. The van der Waals surface area contributed by atoms with E-state index >= 15 is 0 Å². The zero-order valence-corrected chi connectivity index (χ0v) is 43.8. The summed E-state index contributed by atoms with van der Waals surface area (Å²) in [5.41, 5.74) is 24.4. The fourth-order valence-corrected chi connectivity index (χ4v) is 11.2. The maximum absolute atomic E-state index is 2.45. The van der Waals surface area contributed by atoms with Crippen LogP contribution in [-0.2, 0) is 21.7 Å². The number of anilines is 3. The summed E-state index contributed by atoms with van der Waals surface area (Å²) in [5.74, 6) is 0.709. The summed E-state index contributed by atoms with van der Waals surface area (Å²) >= 11 is 0. The number of hydrogen-bond acceptors (Lipinski definition) is 1. The van der Waals surface area contributed by atoms with Crippen LogP contribution >= 0.6 is 0 Å². The third kappa shape index (κ3) is 9.33. The summed E-state index contributed by atoms with van der Waals surface area (Å²) in [6.07, 6.45) is 6.74. The molecule has 70 heavy (non-hydrogen) atoms. The molecule has 0 radical (unpaired) electrons. The SMILES string of the molecule is CC(C)(C)c1cc(-c2ccc(-c3cccc(N(c4ccc(-c5ccc(C6CCCCC6)cc5)cc4)c4ccc5c(c4)C(C)(C)c4ccccc4-5)c3)cc2)cc(-c2cc(C(C)(C)C)cc(C(C)(C)C)c2)c1. The van der Waals surface area contributed by atoms with Gasteiger partial charge in [0.2, 0.25) is 0 Å². The van der Waals surface area contributed by atoms with E-state index in [-0.39, 0.29) is 21.7 Å². The van der Waals surface area contributed by atoms with Crippen molar-refractivity contribution in [1.82, 2.24) is 0 Å². The van der Waals surface area contributed by atoms with Crippen LogP contribution in [0, 0.1) is 0 Å². The van der Waals surface area contributed by atoms with Crippen LogP contribution in [0.2, 0.25) is 0 Å². The normalized spacial score (nSPS) is 14.8. The minimum Gasteiger partial charge on any atom is -0.310 e. The average Bonchev–Trinajstić information content (AvgIpc) is 3.58. The van der Waals surface area contributed by atoms with Gasteiger partial charge in [-0.05, 0) is 166 Å². The zero-order chi connectivity index (χ0) is 49.2. The first-order valence-corrected chi connectivity index (χ1v) is 26.1. The summed E-state index contributed by atoms with van der Waals surface area (Å²) in [5, 5.41) is 0. The van der Waals surface area contributed by atoms with E-state index in [4.69, 9.17) is 0 Å². The Hall–Kier alpha value is -6.44. The minimum atomic E-state index is -0.107. The molecule has 2 aliphatic rings. The number of fused-ring (bicyclic) bond motifs is 3. The lowest BCUT2D eigenvalue weighted by molar-refractivity contribution is 0.443. The minimum absolute atomic E-state index is 0.00976. The monoisotopic (exact) mass is 916 g/mol. The van der Waals surface area contributed by atoms with E-state index in [0.717, 1.165) is 17.1 Å². The van der Waals surface area contributed by atoms with Crippen molar-refractivity contribution in [1.29, 1.82) is 0 Å². The first kappa shape index (κ1) is 47.2. The van der Waals surface area contributed by atoms with Crippen LogP contribution in [0.25, 0.3) is 55.6 Å². The first-order valence-electron chi connectivity index (χ1n) is 26.1. The number of nitrogens with zero attached hydrogens (tertiary/aromatic N) is 1. The van der Waals surface area contributed by atoms with Crippen LogP contribution in [0.4, 0.5) is 17.1 Å². The highest BCUT2D eigenvalue weighted by molar-refractivity contribution is 5.87. The maximum atomic E-state index is 2.45. The van der Waals surface area contributed by atoms with Gasteiger partial charge in [0, 0.05) is 22.5 Å². The second-order valence-corrected chi connectivity index (χ2v) is 24.2. The highest BCUT2D eigenvalue weighted by atomic mass is 15.1. The Morgan fingerprint density at radius 1 is 0.357 bits per heavy atom. The molecule has 0 unspecified atom stereocenters. The van der Waals surface area contributed by atoms with Crippen LogP contribution in [0.15, 0.2) is 176 Å². The van der Waals surface area contributed by atoms with Gasteiger partial charge in [-0.25, -0.2) is 0 Å². The molecule has 0 N–H and O–H groups in total. The lowest BCUT2D eigenvalue weighted by Gasteiger charge is -2.28. The Morgan fingerprint density at radius 2 is 0.814 bits per heavy atom. The predicted octanol–water partition coefficient (Wildman–Crippen LogP) is 20.1. The Labute approximate surface area is 420 Å². The van der Waals surface area contributed by atoms with Gasteiger partial charge in [-0.3, -0.25) is 0 Å². The highest BCUT2D eigenvalue weighted by Crippen LogP contribution is 2.51. The topological polar surface area (TPSA) is 3.24 Å². The van der Waals surface area contributed by atoms with E-state index in [1.165, 1.54) is 121 Å². The predicted molar refractivity (Wildman–Crippen MR) is 302 cm³/mol. The van der Waals surface area contributed by atoms with E-state index in [0.29, 0.717) is 5.92 Å². The van der Waals surface area contributed by atoms with Crippen LogP contribution in [0.5, 0.6) is 0 Å². The molecule has 2 aliphatic carbocycles. The van der Waals surface area contributed by atoms with Crippen molar-refractivity contribution < 1.29 is 0 Å². The summed E-state index contributed by atoms with van der Waals surface area (Å²) in [7, 11) is 0. The van der Waals surface area contributed by atoms with Crippen molar-refractivity contribution in [2.24, 2.45) is 0 Å². The third-order valence-electron chi connectivity index (χ3n) is 15.7. The van der Waals surface area contributed by atoms with Crippen LogP contribution in [-0.4, -0.2) is 0 Å². The molecule has 0 heterocycles. The molecule has 354 valence electrons. The molecular formula is C69H73N. The molecule has 8 aromatic carbocycles. The molecule has 8 aromatic rings. The molecule has 0 aliphatic heterocycles. The largest absolute Gasteiger partial charge is 0.310 e. The van der Waals surface area contributed by atoms with Crippen LogP contribution < -0.4 is 4.90 Å². The molecule has 0 spiro atoms. The average molecular weight is 916 g/mol. The molecule has 0 atom stereocenters. The lowest BCUT2D eigenvalue weighted by Crippen LogP contribution is -2.16. The van der Waals surface area contributed by atoms with Crippen molar-refractivity contribution >= 4 is 17.1 Å². The van der Waals surface area contributed by atoms with E-state index in [1.807, 2.05) is 0 Å². The van der Waals surface area contributed by atoms with E-state index in [1.54, 1.807) is 0 Å². The first-order chi connectivity index (χ1) is 33.3. The van der Waals surface area contributed by atoms with Crippen molar-refractivity contribution in [3.63, 3.8) is 0 Å². The fraction of sp³-hybridized carbons (Fsp3) is 0.304. The van der Waals surface area contributed by atoms with Crippen molar-refractivity contribution in [2.75, 3.05) is 4.90 Å². The van der Waals surface area contributed by atoms with E-state index < -0.39 is 0 Å². The van der Waals surface area contributed by atoms with Gasteiger partial charge in [-0.1, -0.05) is 229 Å². The van der Waals surface area contributed by atoms with Gasteiger partial charge >= 0.3 is 0 Å². The number of benzene rings is 8. The van der Waals surface area contributed by atoms with Gasteiger partial charge < -0.3 is 4.90 Å². The standard InChI is InChI=1S/C69H73N/c1-66(2,3)56-39-53(38-54(40-56)55-41-57(67(4,5)6)44-58(42-55)68(7,8)9)51-30-28-50(29-31-51)52-20-17-21-60(43-52)70(61-36-37-63-62-22-15-16-23-64(62)69(10,11)65(63)45-61)59-34-32-49(33-35-59)48-26-24-47(25-27-48)46-18-13-12-14-19-46/h15-17,20-46H,12-14,18-19H2,1-11H3. The lowest BCUT2D eigenvalue weighted by atomic mass is 9.78. The summed E-state index contributed by atoms with van der Waals surface area (Å²) in [6.45, 7) is 25.7. The molecule has 1 fully saturated rings. The van der Waals surface area contributed by atoms with Gasteiger partial charge in [-0.2, -0.15) is 0 Å². The van der Waals surface area contributed by atoms with Crippen molar-refractivity contribution in [3.8, 4) is 55.6 Å². The number of rotatable bonds is 8. The quantitative estimate of drug-likeness (QED) is 0.147. The number of hydrogen-bond donors (Lipinski definition) is 0. The Balaban J connectivity index is 1.01. The van der Waals surface area contributed by atoms with E-state index in [2.05, 4.69) is 257 Å². The molecular weight excluding hydrogens is 843 g/mol. The van der Waals surface area contributed by atoms with Gasteiger partial charge in [0.15, 0.2) is 0 Å². The third-order valence-corrected chi connectivity index (χ3v) is 15.7. The Bertz CT molecular complexity index is 3140. The molecule has 0 bridgehead atoms. The van der Waals surface area contributed by atoms with Gasteiger partial charge in [0.05, 0.1) is 0 Å². The molecule has 1 saturated carbocycles. The fourth-order valence-electron chi connectivity index (χ4n) is 11.2. The molecule has 1 heteroatoms. The van der Waals surface area contributed by atoms with Crippen LogP contribution in [0.1, 0.15) is 148 Å². The zero-order valence-electron chi connectivity index (χ0n) is 43.8. The molecule has 1 nitrogen and oxygen atoms in total.